The van der Waals surface area contributed by atoms with Crippen molar-refractivity contribution in [2.24, 2.45) is 0 Å². The number of rotatable bonds is 8. The molecule has 26 heavy (non-hydrogen) atoms. The topological polar surface area (TPSA) is 79.8 Å². The standard InChI is InChI=1S/C19H22N2O5/c1-5-10-25-17-8-9-20-18(21-17)14-7-6-13(2)15(11-14)26-16(12-23-3)19(22)24-4/h6-9,11-12H,5,10H2,1-4H3. The Balaban J connectivity index is 2.32. The minimum Gasteiger partial charge on any atom is -0.500 e. The van der Waals surface area contributed by atoms with E-state index in [-0.39, 0.29) is 5.76 Å². The third-order valence-corrected chi connectivity index (χ3v) is 3.36. The molecule has 2 rings (SSSR count). The first-order valence-corrected chi connectivity index (χ1v) is 8.15. The van der Waals surface area contributed by atoms with E-state index >= 15 is 0 Å². The maximum atomic E-state index is 11.8. The molecule has 7 heteroatoms. The quantitative estimate of drug-likeness (QED) is 0.407. The van der Waals surface area contributed by atoms with Gasteiger partial charge in [0.2, 0.25) is 11.6 Å². The number of esters is 1. The first-order chi connectivity index (χ1) is 12.6. The largest absolute Gasteiger partial charge is 0.500 e. The molecule has 0 bridgehead atoms. The van der Waals surface area contributed by atoms with Gasteiger partial charge in [0.25, 0.3) is 0 Å². The zero-order valence-electron chi connectivity index (χ0n) is 15.3. The molecule has 0 amide bonds. The van der Waals surface area contributed by atoms with E-state index in [1.54, 1.807) is 18.3 Å². The van der Waals surface area contributed by atoms with Crippen LogP contribution in [0, 0.1) is 6.92 Å². The van der Waals surface area contributed by atoms with Crippen LogP contribution in [0.15, 0.2) is 42.5 Å². The van der Waals surface area contributed by atoms with Crippen molar-refractivity contribution in [1.29, 1.82) is 0 Å². The van der Waals surface area contributed by atoms with E-state index < -0.39 is 5.97 Å². The molecule has 0 atom stereocenters. The van der Waals surface area contributed by atoms with Gasteiger partial charge in [-0.2, -0.15) is 4.98 Å². The van der Waals surface area contributed by atoms with Crippen LogP contribution in [0.25, 0.3) is 11.4 Å². The van der Waals surface area contributed by atoms with E-state index in [9.17, 15) is 4.79 Å². The van der Waals surface area contributed by atoms with Crippen molar-refractivity contribution in [1.82, 2.24) is 9.97 Å². The summed E-state index contributed by atoms with van der Waals surface area (Å²) in [6, 6.07) is 7.19. The number of carbonyl (C=O) groups excluding carboxylic acids is 1. The molecular formula is C19H22N2O5. The number of ether oxygens (including phenoxy) is 4. The first-order valence-electron chi connectivity index (χ1n) is 8.15. The first kappa shape index (κ1) is 19.2. The predicted molar refractivity (Wildman–Crippen MR) is 95.7 cm³/mol. The van der Waals surface area contributed by atoms with Crippen LogP contribution in [0.3, 0.4) is 0 Å². The number of carbonyl (C=O) groups is 1. The fraction of sp³-hybridized carbons (Fsp3) is 0.316. The number of aromatic nitrogens is 2. The van der Waals surface area contributed by atoms with Gasteiger partial charge < -0.3 is 18.9 Å². The molecule has 0 unspecified atom stereocenters. The lowest BCUT2D eigenvalue weighted by Crippen LogP contribution is -2.11. The molecule has 0 fully saturated rings. The van der Waals surface area contributed by atoms with Crippen molar-refractivity contribution >= 4 is 5.97 Å². The molecule has 7 nitrogen and oxygen atoms in total. The maximum Gasteiger partial charge on any atom is 0.377 e. The highest BCUT2D eigenvalue weighted by Crippen LogP contribution is 2.27. The zero-order valence-corrected chi connectivity index (χ0v) is 15.3. The molecule has 2 aromatic rings. The third kappa shape index (κ3) is 4.95. The van der Waals surface area contributed by atoms with E-state index in [0.29, 0.717) is 24.1 Å². The Hall–Kier alpha value is -3.09. The van der Waals surface area contributed by atoms with Gasteiger partial charge in [0.05, 0.1) is 20.8 Å². The van der Waals surface area contributed by atoms with Crippen molar-refractivity contribution in [2.45, 2.75) is 20.3 Å². The highest BCUT2D eigenvalue weighted by molar-refractivity contribution is 5.86. The van der Waals surface area contributed by atoms with E-state index in [2.05, 4.69) is 9.97 Å². The molecular weight excluding hydrogens is 336 g/mol. The van der Waals surface area contributed by atoms with Crippen LogP contribution in [-0.4, -0.2) is 36.8 Å². The van der Waals surface area contributed by atoms with Gasteiger partial charge in [0.15, 0.2) is 5.82 Å². The highest BCUT2D eigenvalue weighted by atomic mass is 16.6. The van der Waals surface area contributed by atoms with E-state index in [4.69, 9.17) is 18.9 Å². The molecule has 0 aliphatic heterocycles. The Bertz CT molecular complexity index is 789. The van der Waals surface area contributed by atoms with E-state index in [1.807, 2.05) is 26.0 Å². The van der Waals surface area contributed by atoms with Crippen LogP contribution in [0.2, 0.25) is 0 Å². The summed E-state index contributed by atoms with van der Waals surface area (Å²) in [4.78, 5) is 20.5. The molecule has 0 N–H and O–H groups in total. The second-order valence-electron chi connectivity index (χ2n) is 5.36. The minimum absolute atomic E-state index is 0.0591. The lowest BCUT2D eigenvalue weighted by Gasteiger charge is -2.12. The van der Waals surface area contributed by atoms with Crippen LogP contribution in [-0.2, 0) is 14.3 Å². The molecule has 0 radical (unpaired) electrons. The van der Waals surface area contributed by atoms with Crippen molar-refractivity contribution in [3.8, 4) is 23.0 Å². The second kappa shape index (κ2) is 9.41. The maximum absolute atomic E-state index is 11.8. The molecule has 1 aromatic heterocycles. The fourth-order valence-electron chi connectivity index (χ4n) is 2.06. The fourth-order valence-corrected chi connectivity index (χ4v) is 2.06. The molecule has 0 saturated heterocycles. The Kier molecular flexibility index (Phi) is 6.96. The van der Waals surface area contributed by atoms with Gasteiger partial charge in [-0.25, -0.2) is 9.78 Å². The van der Waals surface area contributed by atoms with Crippen LogP contribution in [0.1, 0.15) is 18.9 Å². The number of methoxy groups -OCH3 is 2. The number of hydrogen-bond acceptors (Lipinski definition) is 7. The summed E-state index contributed by atoms with van der Waals surface area (Å²) in [6.45, 7) is 4.48. The molecule has 0 spiro atoms. The SMILES string of the molecule is CCCOc1ccnc(-c2ccc(C)c(OC(=COC)C(=O)OC)c2)n1. The number of nitrogens with zero attached hydrogens (tertiary/aromatic N) is 2. The molecule has 1 heterocycles. The van der Waals surface area contributed by atoms with Crippen molar-refractivity contribution in [3.05, 3.63) is 48.0 Å². The van der Waals surface area contributed by atoms with Crippen molar-refractivity contribution in [2.75, 3.05) is 20.8 Å². The van der Waals surface area contributed by atoms with Crippen LogP contribution < -0.4 is 9.47 Å². The van der Waals surface area contributed by atoms with Crippen molar-refractivity contribution in [3.63, 3.8) is 0 Å². The smallest absolute Gasteiger partial charge is 0.377 e. The molecule has 1 aromatic carbocycles. The lowest BCUT2D eigenvalue weighted by atomic mass is 10.1. The van der Waals surface area contributed by atoms with Gasteiger partial charge in [0.1, 0.15) is 12.0 Å². The van der Waals surface area contributed by atoms with Crippen LogP contribution >= 0.6 is 0 Å². The average Bonchev–Trinajstić information content (AvgIpc) is 2.67. The van der Waals surface area contributed by atoms with Gasteiger partial charge in [0, 0.05) is 17.8 Å². The van der Waals surface area contributed by atoms with Gasteiger partial charge in [-0.15, -0.1) is 0 Å². The van der Waals surface area contributed by atoms with Crippen LogP contribution in [0.5, 0.6) is 11.6 Å². The number of aryl methyl sites for hydroxylation is 1. The monoisotopic (exact) mass is 358 g/mol. The molecule has 138 valence electrons. The molecule has 0 saturated carbocycles. The van der Waals surface area contributed by atoms with Gasteiger partial charge >= 0.3 is 5.97 Å². The number of benzene rings is 1. The summed E-state index contributed by atoms with van der Waals surface area (Å²) in [5.41, 5.74) is 1.56. The summed E-state index contributed by atoms with van der Waals surface area (Å²) in [5, 5.41) is 0. The summed E-state index contributed by atoms with van der Waals surface area (Å²) in [6.07, 6.45) is 3.72. The summed E-state index contributed by atoms with van der Waals surface area (Å²) in [7, 11) is 2.69. The average molecular weight is 358 g/mol. The third-order valence-electron chi connectivity index (χ3n) is 3.36. The van der Waals surface area contributed by atoms with Gasteiger partial charge in [-0.05, 0) is 25.0 Å². The number of hydrogen-bond donors (Lipinski definition) is 0. The lowest BCUT2D eigenvalue weighted by molar-refractivity contribution is -0.138. The Morgan fingerprint density at radius 2 is 2.04 bits per heavy atom. The van der Waals surface area contributed by atoms with E-state index in [1.165, 1.54) is 20.5 Å². The zero-order chi connectivity index (χ0) is 18.9. The van der Waals surface area contributed by atoms with Crippen molar-refractivity contribution < 1.29 is 23.7 Å². The molecule has 0 aliphatic carbocycles. The normalized spacial score (nSPS) is 11.0. The summed E-state index contributed by atoms with van der Waals surface area (Å²) in [5.74, 6) is 0.784. The second-order valence-corrected chi connectivity index (χ2v) is 5.36. The summed E-state index contributed by atoms with van der Waals surface area (Å²) >= 11 is 0. The van der Waals surface area contributed by atoms with Crippen LogP contribution in [0.4, 0.5) is 0 Å². The Labute approximate surface area is 152 Å². The summed E-state index contributed by atoms with van der Waals surface area (Å²) < 4.78 is 20.8. The minimum atomic E-state index is -0.636. The Morgan fingerprint density at radius 3 is 2.73 bits per heavy atom. The van der Waals surface area contributed by atoms with Gasteiger partial charge in [-0.1, -0.05) is 19.1 Å². The predicted octanol–water partition coefficient (Wildman–Crippen LogP) is 3.28. The molecule has 0 aliphatic rings. The van der Waals surface area contributed by atoms with E-state index in [0.717, 1.165) is 17.5 Å². The van der Waals surface area contributed by atoms with Gasteiger partial charge in [-0.3, -0.25) is 0 Å². The Morgan fingerprint density at radius 1 is 1.23 bits per heavy atom. The highest BCUT2D eigenvalue weighted by Gasteiger charge is 2.15.